The average molecular weight is 347 g/mol. The van der Waals surface area contributed by atoms with Crippen LogP contribution in [0.2, 0.25) is 0 Å². The Bertz CT molecular complexity index is 822. The highest BCUT2D eigenvalue weighted by molar-refractivity contribution is 7.15. The minimum absolute atomic E-state index is 0.0573. The zero-order valence-corrected chi connectivity index (χ0v) is 14.5. The quantitative estimate of drug-likeness (QED) is 0.920. The lowest BCUT2D eigenvalue weighted by Crippen LogP contribution is -2.64. The van der Waals surface area contributed by atoms with Gasteiger partial charge in [0.1, 0.15) is 5.56 Å². The van der Waals surface area contributed by atoms with Gasteiger partial charge in [0.25, 0.3) is 11.5 Å². The number of rotatable bonds is 4. The number of carbonyl (C=O) groups is 1. The minimum atomic E-state index is -0.320. The normalized spacial score (nSPS) is 25.0. The molecule has 24 heavy (non-hydrogen) atoms. The largest absolute Gasteiger partial charge is 0.378 e. The van der Waals surface area contributed by atoms with Crippen molar-refractivity contribution in [2.75, 3.05) is 6.61 Å². The molecule has 0 radical (unpaired) electrons. The Labute approximate surface area is 143 Å². The van der Waals surface area contributed by atoms with Crippen LogP contribution in [0.4, 0.5) is 0 Å². The molecule has 1 amide bonds. The van der Waals surface area contributed by atoms with Crippen LogP contribution < -0.4 is 10.9 Å². The lowest BCUT2D eigenvalue weighted by Gasteiger charge is -2.54. The molecule has 7 heteroatoms. The summed E-state index contributed by atoms with van der Waals surface area (Å²) in [5, 5.41) is 4.87. The summed E-state index contributed by atoms with van der Waals surface area (Å²) < 4.78 is 7.30. The molecule has 2 aliphatic rings. The summed E-state index contributed by atoms with van der Waals surface area (Å²) in [6, 6.07) is 0.0895. The molecule has 2 fully saturated rings. The van der Waals surface area contributed by atoms with E-state index in [4.69, 9.17) is 4.74 Å². The van der Waals surface area contributed by atoms with Crippen LogP contribution in [0.3, 0.4) is 0 Å². The van der Waals surface area contributed by atoms with E-state index in [1.807, 2.05) is 6.92 Å². The number of thiazole rings is 1. The third kappa shape index (κ3) is 2.29. The van der Waals surface area contributed by atoms with Crippen LogP contribution >= 0.6 is 11.3 Å². The standard InChI is InChI=1S/C17H21N3O3S/c1-2-23-13-9-12(17(13)5-3-4-6-17)19-14(21)11-10-18-16-20(15(11)22)7-8-24-16/h7-8,10,12-13H,2-6,9H2,1H3,(H,19,21). The van der Waals surface area contributed by atoms with Crippen LogP contribution in [0.15, 0.2) is 22.6 Å². The predicted molar refractivity (Wildman–Crippen MR) is 91.5 cm³/mol. The number of fused-ring (bicyclic) bond motifs is 1. The van der Waals surface area contributed by atoms with E-state index in [1.54, 1.807) is 11.6 Å². The summed E-state index contributed by atoms with van der Waals surface area (Å²) in [5.41, 5.74) is -0.138. The number of hydrogen-bond donors (Lipinski definition) is 1. The van der Waals surface area contributed by atoms with E-state index in [-0.39, 0.29) is 34.6 Å². The van der Waals surface area contributed by atoms with Crippen molar-refractivity contribution in [2.24, 2.45) is 5.41 Å². The van der Waals surface area contributed by atoms with Crippen molar-refractivity contribution >= 4 is 22.2 Å². The number of carbonyl (C=O) groups excluding carboxylic acids is 1. The van der Waals surface area contributed by atoms with Gasteiger partial charge >= 0.3 is 0 Å². The Hall–Kier alpha value is -1.73. The molecule has 2 atom stereocenters. The maximum Gasteiger partial charge on any atom is 0.271 e. The summed E-state index contributed by atoms with van der Waals surface area (Å²) in [6.45, 7) is 2.71. The number of hydrogen-bond acceptors (Lipinski definition) is 5. The molecular weight excluding hydrogens is 326 g/mol. The van der Waals surface area contributed by atoms with Gasteiger partial charge in [-0.05, 0) is 26.2 Å². The van der Waals surface area contributed by atoms with Crippen LogP contribution in [0.1, 0.15) is 49.4 Å². The van der Waals surface area contributed by atoms with Gasteiger partial charge in [-0.15, -0.1) is 11.3 Å². The summed E-state index contributed by atoms with van der Waals surface area (Å²) in [7, 11) is 0. The molecule has 1 spiro atoms. The maximum atomic E-state index is 12.6. The summed E-state index contributed by atoms with van der Waals surface area (Å²) >= 11 is 1.38. The summed E-state index contributed by atoms with van der Waals surface area (Å²) in [6.07, 6.45) is 8.64. The Balaban J connectivity index is 1.55. The van der Waals surface area contributed by atoms with Crippen molar-refractivity contribution in [3.05, 3.63) is 33.7 Å². The lowest BCUT2D eigenvalue weighted by molar-refractivity contribution is -0.127. The topological polar surface area (TPSA) is 72.7 Å². The highest BCUT2D eigenvalue weighted by Crippen LogP contribution is 2.54. The fraction of sp³-hybridized carbons (Fsp3) is 0.588. The smallest absolute Gasteiger partial charge is 0.271 e. The van der Waals surface area contributed by atoms with E-state index in [9.17, 15) is 9.59 Å². The molecule has 2 unspecified atom stereocenters. The van der Waals surface area contributed by atoms with E-state index < -0.39 is 0 Å². The summed E-state index contributed by atoms with van der Waals surface area (Å²) in [4.78, 5) is 29.9. The molecule has 2 heterocycles. The molecule has 0 aliphatic heterocycles. The van der Waals surface area contributed by atoms with Crippen LogP contribution in [0.5, 0.6) is 0 Å². The van der Waals surface area contributed by atoms with Crippen LogP contribution in [0, 0.1) is 5.41 Å². The van der Waals surface area contributed by atoms with Crippen molar-refractivity contribution in [1.82, 2.24) is 14.7 Å². The second kappa shape index (κ2) is 5.97. The molecule has 2 aliphatic carbocycles. The van der Waals surface area contributed by atoms with Gasteiger partial charge in [0.2, 0.25) is 0 Å². The molecule has 2 saturated carbocycles. The van der Waals surface area contributed by atoms with Crippen LogP contribution in [-0.2, 0) is 4.74 Å². The molecule has 0 bridgehead atoms. The van der Waals surface area contributed by atoms with Crippen molar-refractivity contribution in [3.63, 3.8) is 0 Å². The second-order valence-corrected chi connectivity index (χ2v) is 7.55. The van der Waals surface area contributed by atoms with Crippen LogP contribution in [-0.4, -0.2) is 34.0 Å². The van der Waals surface area contributed by atoms with Crippen molar-refractivity contribution in [3.8, 4) is 0 Å². The Morgan fingerprint density at radius 1 is 1.50 bits per heavy atom. The molecule has 0 saturated heterocycles. The molecule has 128 valence electrons. The van der Waals surface area contributed by atoms with Gasteiger partial charge in [-0.3, -0.25) is 14.0 Å². The van der Waals surface area contributed by atoms with E-state index in [1.165, 1.54) is 34.8 Å². The van der Waals surface area contributed by atoms with Gasteiger partial charge in [-0.2, -0.15) is 0 Å². The van der Waals surface area contributed by atoms with E-state index in [2.05, 4.69) is 10.3 Å². The maximum absolute atomic E-state index is 12.6. The highest BCUT2D eigenvalue weighted by Gasteiger charge is 2.57. The highest BCUT2D eigenvalue weighted by atomic mass is 32.1. The van der Waals surface area contributed by atoms with Crippen molar-refractivity contribution < 1.29 is 9.53 Å². The number of amides is 1. The first kappa shape index (κ1) is 15.8. The molecule has 2 aromatic rings. The molecule has 4 rings (SSSR count). The van der Waals surface area contributed by atoms with Gasteiger partial charge in [-0.25, -0.2) is 4.98 Å². The van der Waals surface area contributed by atoms with Crippen LogP contribution in [0.25, 0.3) is 4.96 Å². The SMILES string of the molecule is CCOC1CC(NC(=O)c2cnc3sccn3c2=O)C12CCCC2. The fourth-order valence-electron chi connectivity index (χ4n) is 4.31. The molecule has 0 aromatic carbocycles. The zero-order chi connectivity index (χ0) is 16.7. The average Bonchev–Trinajstić information content (AvgIpc) is 3.25. The van der Waals surface area contributed by atoms with Gasteiger partial charge in [0.15, 0.2) is 4.96 Å². The van der Waals surface area contributed by atoms with Gasteiger partial charge in [0, 0.05) is 35.8 Å². The van der Waals surface area contributed by atoms with E-state index >= 15 is 0 Å². The molecular formula is C17H21N3O3S. The number of nitrogens with zero attached hydrogens (tertiary/aromatic N) is 2. The Kier molecular flexibility index (Phi) is 3.92. The number of aromatic nitrogens is 2. The first-order valence-electron chi connectivity index (χ1n) is 8.53. The van der Waals surface area contributed by atoms with Gasteiger partial charge < -0.3 is 10.1 Å². The number of ether oxygens (including phenoxy) is 1. The first-order valence-corrected chi connectivity index (χ1v) is 9.41. The van der Waals surface area contributed by atoms with E-state index in [0.717, 1.165) is 19.3 Å². The molecule has 2 aromatic heterocycles. The van der Waals surface area contributed by atoms with E-state index in [0.29, 0.717) is 11.6 Å². The van der Waals surface area contributed by atoms with Crippen molar-refractivity contribution in [2.45, 2.75) is 51.2 Å². The minimum Gasteiger partial charge on any atom is -0.378 e. The number of nitrogens with one attached hydrogen (secondary N) is 1. The Morgan fingerprint density at radius 3 is 3.04 bits per heavy atom. The van der Waals surface area contributed by atoms with Gasteiger partial charge in [0.05, 0.1) is 6.10 Å². The van der Waals surface area contributed by atoms with Crippen molar-refractivity contribution in [1.29, 1.82) is 0 Å². The first-order chi connectivity index (χ1) is 11.7. The fourth-order valence-corrected chi connectivity index (χ4v) is 4.98. The Morgan fingerprint density at radius 2 is 2.29 bits per heavy atom. The lowest BCUT2D eigenvalue weighted by atomic mass is 9.60. The molecule has 1 N–H and O–H groups in total. The summed E-state index contributed by atoms with van der Waals surface area (Å²) in [5.74, 6) is -0.320. The monoisotopic (exact) mass is 347 g/mol. The third-order valence-electron chi connectivity index (χ3n) is 5.58. The second-order valence-electron chi connectivity index (χ2n) is 6.68. The predicted octanol–water partition coefficient (Wildman–Crippen LogP) is 2.22. The van der Waals surface area contributed by atoms with Gasteiger partial charge in [-0.1, -0.05) is 12.8 Å². The molecule has 6 nitrogen and oxygen atoms in total. The third-order valence-corrected chi connectivity index (χ3v) is 6.35. The zero-order valence-electron chi connectivity index (χ0n) is 13.7.